The highest BCUT2D eigenvalue weighted by atomic mass is 127. The van der Waals surface area contributed by atoms with Crippen LogP contribution in [0.15, 0.2) is 4.99 Å². The lowest BCUT2D eigenvalue weighted by atomic mass is 9.98. The Morgan fingerprint density at radius 2 is 1.84 bits per heavy atom. The number of nitrogens with one attached hydrogen (secondary N) is 3. The van der Waals surface area contributed by atoms with E-state index in [1.807, 2.05) is 6.92 Å². The highest BCUT2D eigenvalue weighted by Gasteiger charge is 2.12. The first-order valence-electron chi connectivity index (χ1n) is 9.09. The zero-order chi connectivity index (χ0) is 17.7. The summed E-state index contributed by atoms with van der Waals surface area (Å²) in [6.45, 7) is 5.42. The molecule has 0 aromatic carbocycles. The van der Waals surface area contributed by atoms with E-state index in [1.165, 1.54) is 38.4 Å². The lowest BCUT2D eigenvalue weighted by Crippen LogP contribution is -2.38. The Morgan fingerprint density at radius 3 is 2.48 bits per heavy atom. The van der Waals surface area contributed by atoms with Crippen molar-refractivity contribution in [1.29, 1.82) is 0 Å². The van der Waals surface area contributed by atoms with Gasteiger partial charge in [0, 0.05) is 32.8 Å². The van der Waals surface area contributed by atoms with Crippen molar-refractivity contribution in [3.63, 3.8) is 0 Å². The number of rotatable bonds is 11. The fourth-order valence-corrected chi connectivity index (χ4v) is 3.15. The van der Waals surface area contributed by atoms with Crippen molar-refractivity contribution in [3.05, 3.63) is 0 Å². The summed E-state index contributed by atoms with van der Waals surface area (Å²) in [6, 6.07) is 0. The van der Waals surface area contributed by atoms with Gasteiger partial charge in [-0.05, 0) is 32.6 Å². The summed E-state index contributed by atoms with van der Waals surface area (Å²) >= 11 is 0. The van der Waals surface area contributed by atoms with Crippen molar-refractivity contribution >= 4 is 40.0 Å². The summed E-state index contributed by atoms with van der Waals surface area (Å²) in [5.41, 5.74) is 0. The Hall–Kier alpha value is -0.130. The second-order valence-electron chi connectivity index (χ2n) is 6.19. The Labute approximate surface area is 170 Å². The molecule has 1 rings (SSSR count). The third-order valence-corrected chi connectivity index (χ3v) is 4.56. The average molecular weight is 490 g/mol. The molecule has 3 N–H and O–H groups in total. The van der Waals surface area contributed by atoms with Gasteiger partial charge in [-0.2, -0.15) is 0 Å². The first-order valence-corrected chi connectivity index (χ1v) is 11.0. The van der Waals surface area contributed by atoms with Crippen molar-refractivity contribution < 1.29 is 13.2 Å². The van der Waals surface area contributed by atoms with E-state index in [2.05, 4.69) is 20.3 Å². The highest BCUT2D eigenvalue weighted by Crippen LogP contribution is 2.20. The maximum atomic E-state index is 11.0. The maximum Gasteiger partial charge on any atom is 0.208 e. The molecule has 0 aromatic heterocycles. The van der Waals surface area contributed by atoms with E-state index >= 15 is 0 Å². The molecule has 0 amide bonds. The number of hydrogen-bond donors (Lipinski definition) is 3. The molecule has 0 atom stereocenters. The molecule has 1 aliphatic carbocycles. The van der Waals surface area contributed by atoms with E-state index in [1.54, 1.807) is 0 Å². The molecule has 1 aliphatic rings. The summed E-state index contributed by atoms with van der Waals surface area (Å²) in [7, 11) is -3.10. The molecule has 1 saturated carbocycles. The molecule has 1 fully saturated rings. The SMILES string of the molecule is CCNC(=NCCCOC1CCCCC1)NCCCNS(C)(=O)=O.I. The molecule has 25 heavy (non-hydrogen) atoms. The van der Waals surface area contributed by atoms with Gasteiger partial charge in [0.05, 0.1) is 12.4 Å². The van der Waals surface area contributed by atoms with Gasteiger partial charge in [-0.25, -0.2) is 13.1 Å². The van der Waals surface area contributed by atoms with Crippen LogP contribution < -0.4 is 15.4 Å². The van der Waals surface area contributed by atoms with Gasteiger partial charge < -0.3 is 15.4 Å². The summed E-state index contributed by atoms with van der Waals surface area (Å²) in [6.07, 6.45) is 9.60. The van der Waals surface area contributed by atoms with Crippen molar-refractivity contribution in [2.45, 2.75) is 58.0 Å². The van der Waals surface area contributed by atoms with E-state index in [4.69, 9.17) is 4.74 Å². The van der Waals surface area contributed by atoms with Crippen molar-refractivity contribution in [2.75, 3.05) is 39.0 Å². The predicted molar refractivity (Wildman–Crippen MR) is 114 cm³/mol. The van der Waals surface area contributed by atoms with Crippen molar-refractivity contribution in [3.8, 4) is 0 Å². The normalized spacial score (nSPS) is 16.3. The molecule has 0 unspecified atom stereocenters. The van der Waals surface area contributed by atoms with Crippen LogP contribution in [0.3, 0.4) is 0 Å². The van der Waals surface area contributed by atoms with Gasteiger partial charge in [-0.15, -0.1) is 24.0 Å². The number of aliphatic imine (C=N–C) groups is 1. The summed E-state index contributed by atoms with van der Waals surface area (Å²) < 4.78 is 30.3. The molecule has 7 nitrogen and oxygen atoms in total. The molecule has 0 aromatic rings. The molecular weight excluding hydrogens is 455 g/mol. The molecular formula is C16H35IN4O3S. The van der Waals surface area contributed by atoms with Gasteiger partial charge in [0.25, 0.3) is 0 Å². The van der Waals surface area contributed by atoms with E-state index in [0.717, 1.165) is 32.1 Å². The molecule has 0 bridgehead atoms. The lowest BCUT2D eigenvalue weighted by Gasteiger charge is -2.21. The van der Waals surface area contributed by atoms with Crippen LogP contribution in [-0.2, 0) is 14.8 Å². The molecule has 150 valence electrons. The highest BCUT2D eigenvalue weighted by molar-refractivity contribution is 14.0. The van der Waals surface area contributed by atoms with Crippen LogP contribution in [0.2, 0.25) is 0 Å². The number of nitrogens with zero attached hydrogens (tertiary/aromatic N) is 1. The van der Waals surface area contributed by atoms with Gasteiger partial charge >= 0.3 is 0 Å². The molecule has 0 spiro atoms. The number of ether oxygens (including phenoxy) is 1. The lowest BCUT2D eigenvalue weighted by molar-refractivity contribution is 0.0281. The Bertz CT molecular complexity index is 454. The largest absolute Gasteiger partial charge is 0.378 e. The molecule has 9 heteroatoms. The summed E-state index contributed by atoms with van der Waals surface area (Å²) in [5, 5.41) is 6.40. The van der Waals surface area contributed by atoms with Crippen LogP contribution in [0.1, 0.15) is 51.9 Å². The molecule has 0 heterocycles. The number of sulfonamides is 1. The Kier molecular flexibility index (Phi) is 14.9. The minimum Gasteiger partial charge on any atom is -0.378 e. The van der Waals surface area contributed by atoms with E-state index in [0.29, 0.717) is 25.6 Å². The number of hydrogen-bond acceptors (Lipinski definition) is 4. The van der Waals surface area contributed by atoms with Crippen LogP contribution in [0, 0.1) is 0 Å². The van der Waals surface area contributed by atoms with E-state index in [9.17, 15) is 8.42 Å². The second kappa shape index (κ2) is 15.0. The zero-order valence-electron chi connectivity index (χ0n) is 15.6. The minimum absolute atomic E-state index is 0. The Balaban J connectivity index is 0.00000576. The van der Waals surface area contributed by atoms with Crippen molar-refractivity contribution in [1.82, 2.24) is 15.4 Å². The van der Waals surface area contributed by atoms with Gasteiger partial charge in [0.15, 0.2) is 5.96 Å². The summed E-state index contributed by atoms with van der Waals surface area (Å²) in [5.74, 6) is 0.773. The second-order valence-corrected chi connectivity index (χ2v) is 8.02. The fraction of sp³-hybridized carbons (Fsp3) is 0.938. The first kappa shape index (κ1) is 24.9. The van der Waals surface area contributed by atoms with Gasteiger partial charge in [-0.3, -0.25) is 4.99 Å². The van der Waals surface area contributed by atoms with Crippen LogP contribution in [0.25, 0.3) is 0 Å². The van der Waals surface area contributed by atoms with Gasteiger partial charge in [0.1, 0.15) is 0 Å². The van der Waals surface area contributed by atoms with Crippen LogP contribution in [0.5, 0.6) is 0 Å². The zero-order valence-corrected chi connectivity index (χ0v) is 18.7. The van der Waals surface area contributed by atoms with Crippen molar-refractivity contribution in [2.24, 2.45) is 4.99 Å². The summed E-state index contributed by atoms with van der Waals surface area (Å²) in [4.78, 5) is 4.52. The minimum atomic E-state index is -3.10. The number of guanidine groups is 1. The van der Waals surface area contributed by atoms with E-state index < -0.39 is 10.0 Å². The standard InChI is InChI=1S/C16H34N4O3S.HI/c1-3-17-16(18-11-7-13-20-24(2,21)22)19-12-8-14-23-15-9-5-4-6-10-15;/h15,20H,3-14H2,1-2H3,(H2,17,18,19);1H. The first-order chi connectivity index (χ1) is 11.5. The molecule has 0 radical (unpaired) electrons. The predicted octanol–water partition coefficient (Wildman–Crippen LogP) is 1.84. The maximum absolute atomic E-state index is 11.0. The molecule has 0 saturated heterocycles. The Morgan fingerprint density at radius 1 is 1.12 bits per heavy atom. The van der Waals surface area contributed by atoms with Gasteiger partial charge in [0.2, 0.25) is 10.0 Å². The average Bonchev–Trinajstić information content (AvgIpc) is 2.54. The van der Waals surface area contributed by atoms with Crippen LogP contribution >= 0.6 is 24.0 Å². The van der Waals surface area contributed by atoms with Crippen LogP contribution in [-0.4, -0.2) is 59.5 Å². The van der Waals surface area contributed by atoms with Gasteiger partial charge in [-0.1, -0.05) is 19.3 Å². The number of halogens is 1. The third-order valence-electron chi connectivity index (χ3n) is 3.83. The smallest absolute Gasteiger partial charge is 0.208 e. The quantitative estimate of drug-likeness (QED) is 0.178. The molecule has 0 aliphatic heterocycles. The van der Waals surface area contributed by atoms with Crippen LogP contribution in [0.4, 0.5) is 0 Å². The monoisotopic (exact) mass is 490 g/mol. The van der Waals surface area contributed by atoms with E-state index in [-0.39, 0.29) is 24.0 Å². The third kappa shape index (κ3) is 14.7. The topological polar surface area (TPSA) is 91.8 Å². The fourth-order valence-electron chi connectivity index (χ4n) is 2.63.